The highest BCUT2D eigenvalue weighted by atomic mass is 35.5. The number of carbonyl (C=O) groups is 1. The van der Waals surface area contributed by atoms with E-state index in [1.165, 1.54) is 23.6 Å². The second kappa shape index (κ2) is 7.58. The lowest BCUT2D eigenvalue weighted by molar-refractivity contribution is 0.0462. The van der Waals surface area contributed by atoms with Crippen LogP contribution in [0.2, 0.25) is 5.02 Å². The number of para-hydroxylation sites is 1. The Labute approximate surface area is 153 Å². The first-order chi connectivity index (χ1) is 12.1. The normalized spacial score (nSPS) is 10.5. The third-order valence-corrected chi connectivity index (χ3v) is 4.55. The van der Waals surface area contributed by atoms with E-state index < -0.39 is 5.97 Å². The molecule has 1 aromatic carbocycles. The van der Waals surface area contributed by atoms with E-state index in [4.69, 9.17) is 25.8 Å². The van der Waals surface area contributed by atoms with Crippen molar-refractivity contribution in [3.63, 3.8) is 0 Å². The number of aromatic nitrogens is 2. The van der Waals surface area contributed by atoms with Gasteiger partial charge >= 0.3 is 5.97 Å². The number of ether oxygens (including phenoxy) is 3. The van der Waals surface area contributed by atoms with Crippen LogP contribution in [0.3, 0.4) is 0 Å². The van der Waals surface area contributed by atoms with E-state index in [9.17, 15) is 4.79 Å². The smallest absolute Gasteiger partial charge is 0.355 e. The largest absolute Gasteiger partial charge is 0.493 e. The first-order valence-corrected chi connectivity index (χ1v) is 8.55. The SMILES string of the molecule is COc1cccc(-c2nc(COC(=O)c3cc(Cl)c[nH]3)cs2)c1OC. The molecule has 25 heavy (non-hydrogen) atoms. The van der Waals surface area contributed by atoms with Crippen LogP contribution in [0.15, 0.2) is 35.8 Å². The number of thiazole rings is 1. The summed E-state index contributed by atoms with van der Waals surface area (Å²) >= 11 is 7.21. The molecule has 0 unspecified atom stereocenters. The highest BCUT2D eigenvalue weighted by Crippen LogP contribution is 2.39. The molecule has 0 bridgehead atoms. The highest BCUT2D eigenvalue weighted by molar-refractivity contribution is 7.13. The lowest BCUT2D eigenvalue weighted by atomic mass is 10.2. The second-order valence-electron chi connectivity index (χ2n) is 4.99. The van der Waals surface area contributed by atoms with Crippen LogP contribution in [0.1, 0.15) is 16.2 Å². The molecule has 8 heteroatoms. The lowest BCUT2D eigenvalue weighted by Gasteiger charge is -2.10. The monoisotopic (exact) mass is 378 g/mol. The molecule has 0 atom stereocenters. The van der Waals surface area contributed by atoms with Crippen LogP contribution in [-0.4, -0.2) is 30.2 Å². The fourth-order valence-electron chi connectivity index (χ4n) is 2.26. The minimum Gasteiger partial charge on any atom is -0.493 e. The fraction of sp³-hybridized carbons (Fsp3) is 0.176. The molecule has 0 aliphatic carbocycles. The van der Waals surface area contributed by atoms with E-state index in [1.54, 1.807) is 14.2 Å². The van der Waals surface area contributed by atoms with Gasteiger partial charge in [-0.2, -0.15) is 0 Å². The average molecular weight is 379 g/mol. The molecule has 0 fully saturated rings. The Morgan fingerprint density at radius 3 is 2.84 bits per heavy atom. The predicted octanol–water partition coefficient (Wildman–Crippen LogP) is 4.17. The van der Waals surface area contributed by atoms with E-state index in [0.29, 0.717) is 27.9 Å². The van der Waals surface area contributed by atoms with Gasteiger partial charge in [-0.1, -0.05) is 17.7 Å². The fourth-order valence-corrected chi connectivity index (χ4v) is 3.25. The molecule has 130 valence electrons. The molecule has 0 amide bonds. The molecular formula is C17H15ClN2O4S. The summed E-state index contributed by atoms with van der Waals surface area (Å²) in [5, 5.41) is 3.04. The third-order valence-electron chi connectivity index (χ3n) is 3.40. The van der Waals surface area contributed by atoms with Crippen molar-refractivity contribution in [1.82, 2.24) is 9.97 Å². The van der Waals surface area contributed by atoms with Gasteiger partial charge in [0, 0.05) is 11.6 Å². The van der Waals surface area contributed by atoms with Crippen molar-refractivity contribution in [3.8, 4) is 22.1 Å². The van der Waals surface area contributed by atoms with Gasteiger partial charge in [-0.3, -0.25) is 0 Å². The van der Waals surface area contributed by atoms with Crippen LogP contribution in [0, 0.1) is 0 Å². The van der Waals surface area contributed by atoms with E-state index in [0.717, 1.165) is 10.6 Å². The first-order valence-electron chi connectivity index (χ1n) is 7.29. The maximum atomic E-state index is 11.9. The standard InChI is InChI=1S/C17H15ClN2O4S/c1-22-14-5-3-4-12(15(14)23-2)16-20-11(9-25-16)8-24-17(21)13-6-10(18)7-19-13/h3-7,9,19H,8H2,1-2H3. The van der Waals surface area contributed by atoms with Gasteiger partial charge in [-0.15, -0.1) is 11.3 Å². The van der Waals surface area contributed by atoms with E-state index >= 15 is 0 Å². The molecule has 3 aromatic rings. The quantitative estimate of drug-likeness (QED) is 0.652. The van der Waals surface area contributed by atoms with Crippen LogP contribution in [0.25, 0.3) is 10.6 Å². The van der Waals surface area contributed by atoms with Crippen LogP contribution in [-0.2, 0) is 11.3 Å². The molecule has 1 N–H and O–H groups in total. The van der Waals surface area contributed by atoms with Gasteiger partial charge in [-0.25, -0.2) is 9.78 Å². The molecule has 6 nitrogen and oxygen atoms in total. The third kappa shape index (κ3) is 3.78. The van der Waals surface area contributed by atoms with Crippen molar-refractivity contribution < 1.29 is 19.0 Å². The number of nitrogens with zero attached hydrogens (tertiary/aromatic N) is 1. The summed E-state index contributed by atoms with van der Waals surface area (Å²) in [4.78, 5) is 19.2. The molecule has 0 saturated carbocycles. The molecule has 0 aliphatic heterocycles. The average Bonchev–Trinajstić information content (AvgIpc) is 3.28. The summed E-state index contributed by atoms with van der Waals surface area (Å²) in [7, 11) is 3.17. The minimum atomic E-state index is -0.486. The van der Waals surface area contributed by atoms with E-state index in [-0.39, 0.29) is 6.61 Å². The zero-order valence-electron chi connectivity index (χ0n) is 13.5. The van der Waals surface area contributed by atoms with Crippen molar-refractivity contribution in [3.05, 3.63) is 52.3 Å². The molecule has 0 aliphatic rings. The Balaban J connectivity index is 1.74. The number of halogens is 1. The summed E-state index contributed by atoms with van der Waals surface area (Å²) in [6.45, 7) is 0.0677. The van der Waals surface area contributed by atoms with Crippen LogP contribution >= 0.6 is 22.9 Å². The number of aromatic amines is 1. The number of methoxy groups -OCH3 is 2. The first kappa shape index (κ1) is 17.3. The van der Waals surface area contributed by atoms with Gasteiger partial charge in [0.2, 0.25) is 0 Å². The second-order valence-corrected chi connectivity index (χ2v) is 6.29. The number of esters is 1. The molecular weight excluding hydrogens is 364 g/mol. The Bertz CT molecular complexity index is 890. The summed E-state index contributed by atoms with van der Waals surface area (Å²) in [6, 6.07) is 7.10. The van der Waals surface area contributed by atoms with Crippen LogP contribution in [0.5, 0.6) is 11.5 Å². The number of carbonyl (C=O) groups excluding carboxylic acids is 1. The molecule has 2 aromatic heterocycles. The Morgan fingerprint density at radius 1 is 1.32 bits per heavy atom. The number of nitrogens with one attached hydrogen (secondary N) is 1. The Morgan fingerprint density at radius 2 is 2.16 bits per heavy atom. The summed E-state index contributed by atoms with van der Waals surface area (Å²) < 4.78 is 16.0. The number of hydrogen-bond donors (Lipinski definition) is 1. The van der Waals surface area contributed by atoms with Gasteiger partial charge in [0.05, 0.1) is 30.5 Å². The van der Waals surface area contributed by atoms with Crippen LogP contribution < -0.4 is 9.47 Å². The number of benzene rings is 1. The van der Waals surface area contributed by atoms with Crippen molar-refractivity contribution in [2.24, 2.45) is 0 Å². The number of H-pyrrole nitrogens is 1. The summed E-state index contributed by atoms with van der Waals surface area (Å²) in [5.41, 5.74) is 1.77. The highest BCUT2D eigenvalue weighted by Gasteiger charge is 2.16. The summed E-state index contributed by atoms with van der Waals surface area (Å²) in [6.07, 6.45) is 1.52. The van der Waals surface area contributed by atoms with E-state index in [2.05, 4.69) is 9.97 Å². The van der Waals surface area contributed by atoms with Gasteiger partial charge in [0.15, 0.2) is 11.5 Å². The van der Waals surface area contributed by atoms with Gasteiger partial charge in [-0.05, 0) is 18.2 Å². The minimum absolute atomic E-state index is 0.0677. The molecule has 0 saturated heterocycles. The van der Waals surface area contributed by atoms with Crippen LogP contribution in [0.4, 0.5) is 0 Å². The zero-order valence-corrected chi connectivity index (χ0v) is 15.1. The summed E-state index contributed by atoms with van der Waals surface area (Å²) in [5.74, 6) is 0.760. The zero-order chi connectivity index (χ0) is 17.8. The Kier molecular flexibility index (Phi) is 5.25. The van der Waals surface area contributed by atoms with Gasteiger partial charge in [0.1, 0.15) is 17.3 Å². The number of rotatable bonds is 6. The molecule has 0 radical (unpaired) electrons. The molecule has 2 heterocycles. The molecule has 0 spiro atoms. The van der Waals surface area contributed by atoms with Gasteiger partial charge < -0.3 is 19.2 Å². The van der Waals surface area contributed by atoms with Crippen molar-refractivity contribution in [2.45, 2.75) is 6.61 Å². The maximum Gasteiger partial charge on any atom is 0.355 e. The number of hydrogen-bond acceptors (Lipinski definition) is 6. The van der Waals surface area contributed by atoms with Crippen molar-refractivity contribution in [2.75, 3.05) is 14.2 Å². The van der Waals surface area contributed by atoms with Crippen molar-refractivity contribution >= 4 is 28.9 Å². The molecule has 3 rings (SSSR count). The van der Waals surface area contributed by atoms with Crippen molar-refractivity contribution in [1.29, 1.82) is 0 Å². The van der Waals surface area contributed by atoms with E-state index in [1.807, 2.05) is 23.6 Å². The maximum absolute atomic E-state index is 11.9. The topological polar surface area (TPSA) is 73.4 Å². The van der Waals surface area contributed by atoms with Gasteiger partial charge in [0.25, 0.3) is 0 Å². The predicted molar refractivity (Wildman–Crippen MR) is 95.6 cm³/mol. The Hall–Kier alpha value is -2.51. The lowest BCUT2D eigenvalue weighted by Crippen LogP contribution is -2.05.